The van der Waals surface area contributed by atoms with Gasteiger partial charge in [0.25, 0.3) is 0 Å². The second-order valence-electron chi connectivity index (χ2n) is 17.7. The summed E-state index contributed by atoms with van der Waals surface area (Å²) in [7, 11) is 0. The van der Waals surface area contributed by atoms with Crippen LogP contribution in [0.4, 0.5) is 0 Å². The molecule has 3 aromatic heterocycles. The Morgan fingerprint density at radius 3 is 1.66 bits per heavy atom. The Balaban J connectivity index is 0.881. The molecule has 12 aromatic rings. The Labute approximate surface area is 395 Å². The third-order valence-electron chi connectivity index (χ3n) is 13.6. The average molecular weight is 869 g/mol. The molecule has 0 unspecified atom stereocenters. The van der Waals surface area contributed by atoms with Crippen molar-refractivity contribution in [3.8, 4) is 78.7 Å². The summed E-state index contributed by atoms with van der Waals surface area (Å²) in [6.07, 6.45) is 6.74. The molecule has 0 fully saturated rings. The van der Waals surface area contributed by atoms with Crippen LogP contribution in [0.3, 0.4) is 0 Å². The Bertz CT molecular complexity index is 3880. The molecule has 1 aliphatic carbocycles. The number of benzene rings is 9. The number of nitrogens with zero attached hydrogens (tertiary/aromatic N) is 4. The molecule has 0 spiro atoms. The maximum Gasteiger partial charge on any atom is 0.160 e. The fraction of sp³-hybridized carbons (Fsp3) is 0.0312. The molecule has 0 bridgehead atoms. The summed E-state index contributed by atoms with van der Waals surface area (Å²) < 4.78 is 4.85. The highest BCUT2D eigenvalue weighted by Crippen LogP contribution is 2.40. The number of para-hydroxylation sites is 2. The fourth-order valence-corrected chi connectivity index (χ4v) is 10.3. The van der Waals surface area contributed by atoms with Gasteiger partial charge in [0.05, 0.1) is 27.9 Å². The van der Waals surface area contributed by atoms with Crippen LogP contribution in [0, 0.1) is 0 Å². The van der Waals surface area contributed by atoms with E-state index in [1.807, 2.05) is 12.1 Å². The van der Waals surface area contributed by atoms with Gasteiger partial charge < -0.3 is 9.13 Å². The number of rotatable bonds is 8. The summed E-state index contributed by atoms with van der Waals surface area (Å²) in [4.78, 5) is 10.4. The summed E-state index contributed by atoms with van der Waals surface area (Å²) in [6.45, 7) is 0. The molecule has 3 heterocycles. The fourth-order valence-electron chi connectivity index (χ4n) is 10.3. The van der Waals surface area contributed by atoms with Gasteiger partial charge in [0.1, 0.15) is 0 Å². The van der Waals surface area contributed by atoms with Crippen LogP contribution in [-0.4, -0.2) is 19.1 Å². The van der Waals surface area contributed by atoms with E-state index in [9.17, 15) is 0 Å². The van der Waals surface area contributed by atoms with Crippen LogP contribution in [0.25, 0.3) is 117 Å². The van der Waals surface area contributed by atoms with Crippen molar-refractivity contribution in [3.05, 3.63) is 248 Å². The molecule has 0 atom stereocenters. The third-order valence-corrected chi connectivity index (χ3v) is 13.6. The normalized spacial score (nSPS) is 12.2. The molecule has 0 N–H and O–H groups in total. The number of hydrogen-bond donors (Lipinski definition) is 0. The molecule has 4 nitrogen and oxygen atoms in total. The highest BCUT2D eigenvalue weighted by atomic mass is 15.0. The highest BCUT2D eigenvalue weighted by Gasteiger charge is 2.20. The average Bonchev–Trinajstić information content (AvgIpc) is 3.94. The first-order valence-corrected chi connectivity index (χ1v) is 23.4. The van der Waals surface area contributed by atoms with Crippen molar-refractivity contribution in [1.29, 1.82) is 0 Å². The van der Waals surface area contributed by atoms with Crippen molar-refractivity contribution in [3.63, 3.8) is 0 Å². The van der Waals surface area contributed by atoms with E-state index >= 15 is 0 Å². The molecular formula is C64H44N4. The van der Waals surface area contributed by atoms with E-state index in [0.29, 0.717) is 5.82 Å². The van der Waals surface area contributed by atoms with Gasteiger partial charge in [-0.05, 0) is 119 Å². The summed E-state index contributed by atoms with van der Waals surface area (Å²) in [5.74, 6) is 0.691. The molecule has 4 heteroatoms. The van der Waals surface area contributed by atoms with Crippen molar-refractivity contribution >= 4 is 38.8 Å². The van der Waals surface area contributed by atoms with Gasteiger partial charge >= 0.3 is 0 Å². The van der Waals surface area contributed by atoms with Gasteiger partial charge in [0.2, 0.25) is 0 Å². The standard InChI is InChI=1S/C64H44N4/c1-4-16-43(17-5-1)44-30-32-46(33-31-44)59-42-58(45-18-6-2-7-19-45)65-64(66-59)51-22-14-20-47(38-51)49-35-37-62-57(40-49)55-27-11-13-29-61(55)68(62)53-25-15-21-48(39-53)50-34-36-56-54-26-10-12-28-60(54)67(63(56)41-50)52-23-8-3-9-24-52/h1-9,11-25,27-42H,10,26H2. The minimum atomic E-state index is 0.691. The molecule has 68 heavy (non-hydrogen) atoms. The van der Waals surface area contributed by atoms with Crippen LogP contribution >= 0.6 is 0 Å². The number of allylic oxidation sites excluding steroid dienone is 1. The SMILES string of the molecule is C1=Cc2c(c3ccc(-c4cccc(-n5c6ccccc6c6cc(-c7cccc(-c8nc(-c9ccccc9)cc(-c9ccc(-c%10ccccc%10)cc9)n8)c7)ccc65)c4)cc3n2-c2ccccc2)CC1. The lowest BCUT2D eigenvalue weighted by Gasteiger charge is -2.13. The van der Waals surface area contributed by atoms with Crippen molar-refractivity contribution in [2.24, 2.45) is 0 Å². The Morgan fingerprint density at radius 1 is 0.324 bits per heavy atom. The van der Waals surface area contributed by atoms with Gasteiger partial charge in [-0.3, -0.25) is 0 Å². The number of hydrogen-bond acceptors (Lipinski definition) is 2. The quantitative estimate of drug-likeness (QED) is 0.153. The largest absolute Gasteiger partial charge is 0.310 e. The van der Waals surface area contributed by atoms with E-state index in [4.69, 9.17) is 9.97 Å². The molecular weight excluding hydrogens is 825 g/mol. The van der Waals surface area contributed by atoms with Gasteiger partial charge in [-0.1, -0.05) is 176 Å². The van der Waals surface area contributed by atoms with Gasteiger partial charge in [-0.2, -0.15) is 0 Å². The Hall–Kier alpha value is -8.86. The van der Waals surface area contributed by atoms with E-state index in [1.165, 1.54) is 66.4 Å². The zero-order valence-corrected chi connectivity index (χ0v) is 37.3. The first kappa shape index (κ1) is 39.5. The highest BCUT2D eigenvalue weighted by molar-refractivity contribution is 6.10. The van der Waals surface area contributed by atoms with Crippen LogP contribution in [0.15, 0.2) is 237 Å². The third kappa shape index (κ3) is 6.94. The summed E-state index contributed by atoms with van der Waals surface area (Å²) in [5, 5.41) is 3.76. The van der Waals surface area contributed by atoms with Crippen LogP contribution in [0.1, 0.15) is 17.7 Å². The van der Waals surface area contributed by atoms with Gasteiger partial charge in [0.15, 0.2) is 5.82 Å². The van der Waals surface area contributed by atoms with Crippen LogP contribution in [-0.2, 0) is 6.42 Å². The molecule has 0 saturated heterocycles. The maximum atomic E-state index is 5.22. The minimum Gasteiger partial charge on any atom is -0.310 e. The van der Waals surface area contributed by atoms with E-state index < -0.39 is 0 Å². The van der Waals surface area contributed by atoms with E-state index in [0.717, 1.165) is 63.3 Å². The first-order chi connectivity index (χ1) is 33.7. The lowest BCUT2D eigenvalue weighted by Crippen LogP contribution is -1.99. The van der Waals surface area contributed by atoms with E-state index in [2.05, 4.69) is 240 Å². The predicted octanol–water partition coefficient (Wildman–Crippen LogP) is 16.5. The molecule has 9 aromatic carbocycles. The number of fused-ring (bicyclic) bond motifs is 6. The van der Waals surface area contributed by atoms with Gasteiger partial charge in [-0.15, -0.1) is 0 Å². The number of aryl methyl sites for hydroxylation is 1. The zero-order chi connectivity index (χ0) is 45.0. The molecule has 0 radical (unpaired) electrons. The van der Waals surface area contributed by atoms with Gasteiger partial charge in [0, 0.05) is 49.9 Å². The smallest absolute Gasteiger partial charge is 0.160 e. The Morgan fingerprint density at radius 2 is 0.868 bits per heavy atom. The lowest BCUT2D eigenvalue weighted by atomic mass is 9.98. The van der Waals surface area contributed by atoms with Crippen molar-refractivity contribution in [2.75, 3.05) is 0 Å². The maximum absolute atomic E-state index is 5.22. The molecule has 0 aliphatic heterocycles. The molecule has 0 saturated carbocycles. The number of aromatic nitrogens is 4. The Kier molecular flexibility index (Phi) is 9.61. The minimum absolute atomic E-state index is 0.691. The van der Waals surface area contributed by atoms with Crippen LogP contribution in [0.5, 0.6) is 0 Å². The summed E-state index contributed by atoms with van der Waals surface area (Å²) >= 11 is 0. The molecule has 1 aliphatic rings. The van der Waals surface area contributed by atoms with Crippen molar-refractivity contribution in [2.45, 2.75) is 12.8 Å². The zero-order valence-electron chi connectivity index (χ0n) is 37.3. The predicted molar refractivity (Wildman–Crippen MR) is 283 cm³/mol. The topological polar surface area (TPSA) is 35.6 Å². The second kappa shape index (κ2) is 16.5. The lowest BCUT2D eigenvalue weighted by molar-refractivity contribution is 0.967. The second-order valence-corrected chi connectivity index (χ2v) is 17.7. The summed E-state index contributed by atoms with van der Waals surface area (Å²) in [6, 6.07) is 82.8. The van der Waals surface area contributed by atoms with Crippen molar-refractivity contribution < 1.29 is 0 Å². The van der Waals surface area contributed by atoms with Crippen molar-refractivity contribution in [1.82, 2.24) is 19.1 Å². The van der Waals surface area contributed by atoms with Crippen LogP contribution < -0.4 is 0 Å². The van der Waals surface area contributed by atoms with Crippen LogP contribution in [0.2, 0.25) is 0 Å². The first-order valence-electron chi connectivity index (χ1n) is 23.4. The molecule has 320 valence electrons. The summed E-state index contributed by atoms with van der Waals surface area (Å²) in [5.41, 5.74) is 20.5. The van der Waals surface area contributed by atoms with E-state index in [1.54, 1.807) is 0 Å². The van der Waals surface area contributed by atoms with E-state index in [-0.39, 0.29) is 0 Å². The molecule has 13 rings (SSSR count). The monoisotopic (exact) mass is 868 g/mol. The molecule has 0 amide bonds. The van der Waals surface area contributed by atoms with Gasteiger partial charge in [-0.25, -0.2) is 9.97 Å².